The number of halogens is 1. The van der Waals surface area contributed by atoms with Crippen molar-refractivity contribution < 1.29 is 27.1 Å². The number of sulfonamides is 1. The van der Waals surface area contributed by atoms with Crippen molar-refractivity contribution in [1.82, 2.24) is 13.4 Å². The number of amides is 1. The van der Waals surface area contributed by atoms with E-state index in [2.05, 4.69) is 5.32 Å². The summed E-state index contributed by atoms with van der Waals surface area (Å²) in [7, 11) is -3.69. The number of benzene rings is 1. The lowest BCUT2D eigenvalue weighted by molar-refractivity contribution is -0.116. The minimum Gasteiger partial charge on any atom is -0.379 e. The zero-order valence-electron chi connectivity index (χ0n) is 17.6. The van der Waals surface area contributed by atoms with E-state index >= 15 is 0 Å². The molecule has 2 fully saturated rings. The molecule has 1 atom stereocenters. The molecule has 2 saturated heterocycles. The van der Waals surface area contributed by atoms with Crippen molar-refractivity contribution in [3.05, 3.63) is 57.1 Å². The van der Waals surface area contributed by atoms with Crippen LogP contribution in [-0.4, -0.2) is 60.7 Å². The third-order valence-electron chi connectivity index (χ3n) is 5.42. The third kappa shape index (κ3) is 4.90. The number of anilines is 1. The van der Waals surface area contributed by atoms with Crippen LogP contribution in [0.25, 0.3) is 0 Å². The number of hydrogen-bond acceptors (Lipinski definition) is 7. The van der Waals surface area contributed by atoms with Crippen molar-refractivity contribution in [1.29, 1.82) is 0 Å². The van der Waals surface area contributed by atoms with Gasteiger partial charge in [-0.2, -0.15) is 8.70 Å². The van der Waals surface area contributed by atoms with E-state index in [1.165, 1.54) is 28.6 Å². The third-order valence-corrected chi connectivity index (χ3v) is 7.33. The van der Waals surface area contributed by atoms with Crippen molar-refractivity contribution in [2.24, 2.45) is 0 Å². The average molecular weight is 482 g/mol. The fourth-order valence-corrected chi connectivity index (χ4v) is 5.11. The maximum absolute atomic E-state index is 14.1. The van der Waals surface area contributed by atoms with Crippen LogP contribution >= 0.6 is 0 Å². The van der Waals surface area contributed by atoms with Gasteiger partial charge >= 0.3 is 5.69 Å². The summed E-state index contributed by atoms with van der Waals surface area (Å²) >= 11 is 0. The van der Waals surface area contributed by atoms with Gasteiger partial charge in [0, 0.05) is 25.4 Å². The number of rotatable bonds is 6. The standard InChI is InChI=1S/C20H23FN4O7S/c21-16-12-24(18-2-1-9-32-18)20(28)25(19(16)27)13-17(26)22-14-3-5-15(6-4-14)33(29,30)23-7-10-31-11-8-23/h3-6,12,18H,1-2,7-11,13H2,(H,22,26). The summed E-state index contributed by atoms with van der Waals surface area (Å²) < 4.78 is 52.8. The van der Waals surface area contributed by atoms with Crippen LogP contribution in [0.2, 0.25) is 0 Å². The molecule has 178 valence electrons. The van der Waals surface area contributed by atoms with Crippen LogP contribution in [0.3, 0.4) is 0 Å². The number of nitrogens with one attached hydrogen (secondary N) is 1. The van der Waals surface area contributed by atoms with Gasteiger partial charge in [0.2, 0.25) is 21.7 Å². The van der Waals surface area contributed by atoms with Gasteiger partial charge in [-0.3, -0.25) is 14.2 Å². The number of morpholine rings is 1. The molecule has 11 nitrogen and oxygen atoms in total. The van der Waals surface area contributed by atoms with E-state index in [1.54, 1.807) is 0 Å². The molecular formula is C20H23FN4O7S. The summed E-state index contributed by atoms with van der Waals surface area (Å²) in [6.45, 7) is 0.855. The first-order valence-corrected chi connectivity index (χ1v) is 11.8. The second kappa shape index (κ2) is 9.55. The van der Waals surface area contributed by atoms with E-state index < -0.39 is 45.8 Å². The van der Waals surface area contributed by atoms with Gasteiger partial charge in [-0.1, -0.05) is 0 Å². The Morgan fingerprint density at radius 2 is 1.82 bits per heavy atom. The molecule has 13 heteroatoms. The Kier molecular flexibility index (Phi) is 6.74. The van der Waals surface area contributed by atoms with E-state index in [0.717, 1.165) is 10.8 Å². The van der Waals surface area contributed by atoms with Crippen LogP contribution in [0.4, 0.5) is 10.1 Å². The first-order chi connectivity index (χ1) is 15.8. The van der Waals surface area contributed by atoms with Gasteiger partial charge in [0.25, 0.3) is 5.56 Å². The average Bonchev–Trinajstić information content (AvgIpc) is 3.35. The molecule has 2 aromatic rings. The predicted octanol–water partition coefficient (Wildman–Crippen LogP) is 0.118. The lowest BCUT2D eigenvalue weighted by Crippen LogP contribution is -2.44. The van der Waals surface area contributed by atoms with E-state index in [-0.39, 0.29) is 23.7 Å². The number of carbonyl (C=O) groups is 1. The van der Waals surface area contributed by atoms with Crippen molar-refractivity contribution in [3.8, 4) is 0 Å². The minimum absolute atomic E-state index is 0.0585. The van der Waals surface area contributed by atoms with Crippen LogP contribution < -0.4 is 16.6 Å². The Morgan fingerprint density at radius 3 is 2.45 bits per heavy atom. The Labute approximate surface area is 188 Å². The molecule has 3 heterocycles. The van der Waals surface area contributed by atoms with Crippen LogP contribution in [-0.2, 0) is 30.8 Å². The largest absolute Gasteiger partial charge is 0.379 e. The number of ether oxygens (including phenoxy) is 2. The number of nitrogens with zero attached hydrogens (tertiary/aromatic N) is 3. The maximum Gasteiger partial charge on any atom is 0.333 e. The lowest BCUT2D eigenvalue weighted by atomic mass is 10.3. The zero-order chi connectivity index (χ0) is 23.6. The summed E-state index contributed by atoms with van der Waals surface area (Å²) in [5.41, 5.74) is -1.81. The molecule has 0 saturated carbocycles. The van der Waals surface area contributed by atoms with E-state index in [1.807, 2.05) is 0 Å². The Balaban J connectivity index is 1.48. The molecule has 2 aliphatic rings. The minimum atomic E-state index is -3.69. The fourth-order valence-electron chi connectivity index (χ4n) is 3.70. The molecule has 1 N–H and O–H groups in total. The number of aromatic nitrogens is 2. The first kappa shape index (κ1) is 23.3. The topological polar surface area (TPSA) is 129 Å². The lowest BCUT2D eigenvalue weighted by Gasteiger charge is -2.26. The fraction of sp³-hybridized carbons (Fsp3) is 0.450. The van der Waals surface area contributed by atoms with Gasteiger partial charge in [0.05, 0.1) is 24.3 Å². The molecule has 0 spiro atoms. The number of carbonyl (C=O) groups excluding carboxylic acids is 1. The van der Waals surface area contributed by atoms with Crippen LogP contribution in [0.1, 0.15) is 19.1 Å². The highest BCUT2D eigenvalue weighted by atomic mass is 32.2. The van der Waals surface area contributed by atoms with Gasteiger partial charge in [-0.25, -0.2) is 17.8 Å². The van der Waals surface area contributed by atoms with Gasteiger partial charge in [-0.05, 0) is 37.1 Å². The molecule has 0 aliphatic carbocycles. The summed E-state index contributed by atoms with van der Waals surface area (Å²) in [5, 5.41) is 2.48. The van der Waals surface area contributed by atoms with Gasteiger partial charge < -0.3 is 14.8 Å². The maximum atomic E-state index is 14.1. The summed E-state index contributed by atoms with van der Waals surface area (Å²) in [6, 6.07) is 5.48. The molecule has 2 aliphatic heterocycles. The van der Waals surface area contributed by atoms with E-state index in [4.69, 9.17) is 9.47 Å². The van der Waals surface area contributed by atoms with Gasteiger partial charge in [0.1, 0.15) is 12.8 Å². The summed E-state index contributed by atoms with van der Waals surface area (Å²) in [5.74, 6) is -1.92. The monoisotopic (exact) mass is 482 g/mol. The molecule has 0 radical (unpaired) electrons. The molecule has 1 unspecified atom stereocenters. The van der Waals surface area contributed by atoms with Gasteiger partial charge in [0.15, 0.2) is 0 Å². The highest BCUT2D eigenvalue weighted by Crippen LogP contribution is 2.21. The number of hydrogen-bond donors (Lipinski definition) is 1. The smallest absolute Gasteiger partial charge is 0.333 e. The van der Waals surface area contributed by atoms with Crippen molar-refractivity contribution in [3.63, 3.8) is 0 Å². The predicted molar refractivity (Wildman–Crippen MR) is 114 cm³/mol. The molecular weight excluding hydrogens is 459 g/mol. The van der Waals surface area contributed by atoms with Gasteiger partial charge in [-0.15, -0.1) is 0 Å². The summed E-state index contributed by atoms with van der Waals surface area (Å²) in [6.07, 6.45) is 1.28. The van der Waals surface area contributed by atoms with E-state index in [0.29, 0.717) is 37.2 Å². The zero-order valence-corrected chi connectivity index (χ0v) is 18.4. The normalized spacial score (nSPS) is 19.5. The second-order valence-electron chi connectivity index (χ2n) is 7.61. The summed E-state index contributed by atoms with van der Waals surface area (Å²) in [4.78, 5) is 37.3. The highest BCUT2D eigenvalue weighted by Gasteiger charge is 2.26. The highest BCUT2D eigenvalue weighted by molar-refractivity contribution is 7.89. The van der Waals surface area contributed by atoms with Crippen LogP contribution in [0.15, 0.2) is 44.9 Å². The van der Waals surface area contributed by atoms with Crippen molar-refractivity contribution in [2.75, 3.05) is 38.2 Å². The molecule has 4 rings (SSSR count). The van der Waals surface area contributed by atoms with Crippen molar-refractivity contribution >= 4 is 21.6 Å². The second-order valence-corrected chi connectivity index (χ2v) is 9.55. The molecule has 1 aromatic heterocycles. The Morgan fingerprint density at radius 1 is 1.12 bits per heavy atom. The Bertz CT molecular complexity index is 1240. The molecule has 0 bridgehead atoms. The van der Waals surface area contributed by atoms with Crippen molar-refractivity contribution in [2.45, 2.75) is 30.5 Å². The molecule has 1 amide bonds. The van der Waals surface area contributed by atoms with Crippen LogP contribution in [0, 0.1) is 5.82 Å². The van der Waals surface area contributed by atoms with E-state index in [9.17, 15) is 27.2 Å². The first-order valence-electron chi connectivity index (χ1n) is 10.4. The molecule has 33 heavy (non-hydrogen) atoms. The van der Waals surface area contributed by atoms with Crippen LogP contribution in [0.5, 0.6) is 0 Å². The quantitative estimate of drug-likeness (QED) is 0.619. The Hall–Kier alpha value is -2.87. The molecule has 1 aromatic carbocycles. The SMILES string of the molecule is O=C(Cn1c(=O)c(F)cn(C2CCCO2)c1=O)Nc1ccc(S(=O)(=O)N2CCOCC2)cc1.